The summed E-state index contributed by atoms with van der Waals surface area (Å²) in [6, 6.07) is 24.9. The predicted octanol–water partition coefficient (Wildman–Crippen LogP) is 16.8. The van der Waals surface area contributed by atoms with Gasteiger partial charge < -0.3 is 56.6 Å². The molecule has 15 rings (SSSR count). The van der Waals surface area contributed by atoms with Gasteiger partial charge in [-0.2, -0.15) is 16.0 Å². The first kappa shape index (κ1) is 94.3. The largest absolute Gasteiger partial charge is 1.00 e. The van der Waals surface area contributed by atoms with Crippen LogP contribution in [0.1, 0.15) is 242 Å². The van der Waals surface area contributed by atoms with Crippen molar-refractivity contribution in [3.8, 4) is 0 Å². The number of rotatable bonds is 21. The number of aromatic nitrogens is 12. The van der Waals surface area contributed by atoms with Crippen molar-refractivity contribution in [1.29, 1.82) is 0 Å². The van der Waals surface area contributed by atoms with Crippen LogP contribution in [0.2, 0.25) is 0 Å². The number of carbonyl (C=O) groups excluding carboxylic acids is 4. The number of carboxylic acid groups (broad SMARTS) is 2. The quantitative estimate of drug-likeness (QED) is 0.0152. The van der Waals surface area contributed by atoms with Gasteiger partial charge in [0.2, 0.25) is 0 Å². The third kappa shape index (κ3) is 18.9. The van der Waals surface area contributed by atoms with Crippen LogP contribution in [0.3, 0.4) is 0 Å². The molecule has 7 N–H and O–H groups in total. The van der Waals surface area contributed by atoms with Crippen molar-refractivity contribution in [2.75, 3.05) is 6.61 Å². The van der Waals surface area contributed by atoms with E-state index >= 15 is 0 Å². The second-order valence-electron chi connectivity index (χ2n) is 31.1. The van der Waals surface area contributed by atoms with E-state index < -0.39 is 11.9 Å². The molecule has 15 heterocycles. The van der Waals surface area contributed by atoms with Gasteiger partial charge in [0.25, 0.3) is 6.47 Å². The monoisotopic (exact) mass is 1670 g/mol. The molecule has 24 bridgehead atoms. The standard InChI is InChI=1S/C34H34N4O4.C34H38N4.C33H33N4O2.CO2.2Na/c1-7-22-18(3)26-13-27-21(6)25(11-12-42-17-39)33(37-27)16-32-24(9-10-34(40)41)20(5)29(38-32)15-31-23(8-2)19(4)28(36-31)14-30(22)35-26;1-9-13-25-21(7)28-15-27-19(5)23(11-3)31(35-27)16-29-20(6)24(12-4)32(36-29)17-30-22(8)26(14-10-2)34(38-30)18-33(25)37-28;1-8-21-17(4)25-13-26-18(5)23(10-3)31(35-26)16-32-24(11-12-33(38)39)20(7)28(37-32)15-30-22(9-2)19(6)27(36-30)14-29(21)34-25;2-1-3;;/h7-8,13-17,36,38H,1-2,9-12H2,3-6H3,(H,40,41);11-12,15-18,36,38H,3-4,9-10,13-14H2,1-2,5-8H3;8-9,13-16,34,36H,1-3,10-12H2,4-7H3,(H,38,39);;;/q;;-1;;2*+1/p-1. The summed E-state index contributed by atoms with van der Waals surface area (Å²) in [5.41, 5.74) is 47.2. The van der Waals surface area contributed by atoms with E-state index in [1.165, 1.54) is 22.3 Å². The molecule has 6 aliphatic rings. The molecule has 0 aromatic carbocycles. The topological polar surface area (TPSA) is 310 Å². The normalized spacial score (nSPS) is 12.7. The number of nitrogens with zero attached hydrogens (tertiary/aromatic N) is 6. The van der Waals surface area contributed by atoms with Crippen LogP contribution in [0.4, 0.5) is 0 Å². The molecule has 0 saturated carbocycles. The number of aromatic amines is 6. The Kier molecular flexibility index (Phi) is 30.8. The first-order valence-electron chi connectivity index (χ1n) is 41.0. The Morgan fingerprint density at radius 1 is 0.379 bits per heavy atom. The van der Waals surface area contributed by atoms with Gasteiger partial charge in [-0.05, 0) is 288 Å². The molecule has 0 fully saturated rings. The number of carbonyl (C=O) groups is 3. The van der Waals surface area contributed by atoms with Crippen molar-refractivity contribution >= 4 is 182 Å². The maximum atomic E-state index is 11.5. The van der Waals surface area contributed by atoms with Crippen LogP contribution in [0.15, 0.2) is 124 Å². The first-order chi connectivity index (χ1) is 58.5. The van der Waals surface area contributed by atoms with Crippen LogP contribution in [0.5, 0.6) is 0 Å². The van der Waals surface area contributed by atoms with Gasteiger partial charge in [-0.15, -0.1) is 0 Å². The van der Waals surface area contributed by atoms with Gasteiger partial charge in [-0.3, -0.25) is 9.59 Å². The number of aryl methyl sites for hydroxylation is 8. The number of allylic oxidation sites excluding steroid dienone is 13. The number of hydrogen-bond donors (Lipinski definition) is 7. The molecular weight excluding hydrogens is 1570 g/mol. The summed E-state index contributed by atoms with van der Waals surface area (Å²) in [7, 11) is 0. The van der Waals surface area contributed by atoms with Gasteiger partial charge in [-0.1, -0.05) is 103 Å². The van der Waals surface area contributed by atoms with Gasteiger partial charge in [0.05, 0.1) is 74.9 Å². The van der Waals surface area contributed by atoms with E-state index in [0.29, 0.717) is 37.8 Å². The minimum Gasteiger partial charge on any atom is -0.550 e. The van der Waals surface area contributed by atoms with Gasteiger partial charge in [0.1, 0.15) is 0 Å². The summed E-state index contributed by atoms with van der Waals surface area (Å²) in [6.45, 7) is 58.7. The molecule has 0 spiro atoms. The molecule has 0 atom stereocenters. The summed E-state index contributed by atoms with van der Waals surface area (Å²) < 4.78 is 5.04. The number of H-pyrrole nitrogens is 6. The molecule has 0 radical (unpaired) electrons. The Labute approximate surface area is 767 Å². The van der Waals surface area contributed by atoms with Crippen LogP contribution in [-0.4, -0.2) is 96.1 Å². The van der Waals surface area contributed by atoms with E-state index in [1.54, 1.807) is 0 Å². The fourth-order valence-corrected chi connectivity index (χ4v) is 17.1. The summed E-state index contributed by atoms with van der Waals surface area (Å²) >= 11 is 0. The zero-order chi connectivity index (χ0) is 88.0. The number of fused-ring (bicyclic) bond motifs is 24. The van der Waals surface area contributed by atoms with Gasteiger partial charge in [0, 0.05) is 118 Å². The van der Waals surface area contributed by atoms with Crippen LogP contribution < -0.4 is 64.2 Å². The maximum absolute atomic E-state index is 11.5. The third-order valence-corrected chi connectivity index (χ3v) is 24.1. The smallest absolute Gasteiger partial charge is 0.550 e. The molecule has 622 valence electrons. The first-order valence-corrected chi connectivity index (χ1v) is 41.0. The van der Waals surface area contributed by atoms with E-state index in [2.05, 4.69) is 182 Å². The molecule has 0 unspecified atom stereocenters. The number of aliphatic carboxylic acids is 2. The van der Waals surface area contributed by atoms with Crippen LogP contribution >= 0.6 is 0 Å². The summed E-state index contributed by atoms with van der Waals surface area (Å²) in [6.07, 6.45) is 17.3. The molecule has 0 saturated heterocycles. The molecule has 22 heteroatoms. The van der Waals surface area contributed by atoms with Crippen molar-refractivity contribution in [2.24, 2.45) is 0 Å². The van der Waals surface area contributed by atoms with Crippen LogP contribution in [0.25, 0.3) is 157 Å². The van der Waals surface area contributed by atoms with E-state index in [4.69, 9.17) is 44.2 Å². The zero-order valence-electron chi connectivity index (χ0n) is 74.2. The van der Waals surface area contributed by atoms with E-state index in [9.17, 15) is 24.6 Å². The van der Waals surface area contributed by atoms with Crippen LogP contribution in [0, 0.1) is 48.5 Å². The fraction of sp³-hybridized carbons (Fsp3) is 0.245. The third-order valence-electron chi connectivity index (χ3n) is 24.1. The van der Waals surface area contributed by atoms with Crippen LogP contribution in [-0.2, 0) is 41.6 Å². The average Bonchev–Trinajstić information content (AvgIpc) is 1.62. The Hall–Kier alpha value is -12.0. The predicted molar refractivity (Wildman–Crippen MR) is 498 cm³/mol. The molecular formula is C102H104N12Na2O8. The van der Waals surface area contributed by atoms with Gasteiger partial charge in [0.15, 0.2) is 0 Å². The second-order valence-corrected chi connectivity index (χ2v) is 31.1. The van der Waals surface area contributed by atoms with Crippen molar-refractivity contribution in [2.45, 2.75) is 161 Å². The van der Waals surface area contributed by atoms with Crippen molar-refractivity contribution in [3.05, 3.63) is 266 Å². The molecule has 0 amide bonds. The molecule has 9 aromatic heterocycles. The van der Waals surface area contributed by atoms with Crippen molar-refractivity contribution in [1.82, 2.24) is 59.8 Å². The molecule has 6 aliphatic heterocycles. The van der Waals surface area contributed by atoms with E-state index in [-0.39, 0.29) is 84.7 Å². The Morgan fingerprint density at radius 3 is 1.04 bits per heavy atom. The molecule has 124 heavy (non-hydrogen) atoms. The van der Waals surface area contributed by atoms with Crippen molar-refractivity contribution < 1.29 is 98.0 Å². The van der Waals surface area contributed by atoms with Gasteiger partial charge in [-0.25, -0.2) is 29.9 Å². The minimum atomic E-state index is -1.09. The number of carboxylic acids is 2. The van der Waals surface area contributed by atoms with Gasteiger partial charge >= 0.3 is 71.2 Å². The second kappa shape index (κ2) is 40.6. The fourth-order valence-electron chi connectivity index (χ4n) is 17.1. The number of hydrogen-bond acceptors (Lipinski definition) is 13. The summed E-state index contributed by atoms with van der Waals surface area (Å²) in [5, 5.41) is 20.8. The Bertz CT molecular complexity index is 6780. The molecule has 9 aromatic rings. The zero-order valence-corrected chi connectivity index (χ0v) is 78.2. The molecule has 20 nitrogen and oxygen atoms in total. The Balaban J connectivity index is 0.000000190. The van der Waals surface area contributed by atoms with E-state index in [1.807, 2.05) is 101 Å². The molecule has 0 aliphatic carbocycles. The SMILES string of the molecule is C=CC1=C(C)c2cc3nc(cc4[nH]c(cc5[nH]c(cc1n2)c(C)c5C=C)c(C)c4CCC(=O)O)C(CCOC=O)=C3C.C=CC1=C(C)c2cc3nc(cc4[nH]c(cc5[nH]c(cc1n2)c(C)c5C=C)c(C)c4CCC)C(CCC)=C3C.C=Cc1c(C)c2cc3[nH]c(cc4nc(cc5nc(cc1[nH]2)C(C)=C5CCC(=O)[O-])C(C[CH2-])=C4C)c(C)c3C=C.O=C=O.[Na+].[Na+]. The van der Waals surface area contributed by atoms with E-state index in [0.717, 1.165) is 266 Å². The number of nitrogens with one attached hydrogen (secondary N) is 6. The average molecular weight is 1670 g/mol. The minimum absolute atomic E-state index is 0. The summed E-state index contributed by atoms with van der Waals surface area (Å²) in [4.78, 5) is 102. The van der Waals surface area contributed by atoms with Crippen molar-refractivity contribution in [3.63, 3.8) is 0 Å². The Morgan fingerprint density at radius 2 is 0.669 bits per heavy atom. The summed E-state index contributed by atoms with van der Waals surface area (Å²) in [5.74, 6) is -1.95. The maximum Gasteiger partial charge on any atom is 1.00 e. The number of ether oxygens (including phenoxy) is 1.